The van der Waals surface area contributed by atoms with Gasteiger partial charge in [-0.2, -0.15) is 0 Å². The van der Waals surface area contributed by atoms with Crippen molar-refractivity contribution in [1.82, 2.24) is 14.8 Å². The molecule has 1 unspecified atom stereocenters. The third-order valence-corrected chi connectivity index (χ3v) is 7.20. The van der Waals surface area contributed by atoms with Gasteiger partial charge in [0.05, 0.1) is 18.4 Å². The molecule has 3 aromatic rings. The van der Waals surface area contributed by atoms with E-state index in [-0.39, 0.29) is 17.8 Å². The first-order valence-corrected chi connectivity index (χ1v) is 12.4. The molecule has 0 saturated carbocycles. The first-order valence-electron chi connectivity index (χ1n) is 10.2. The van der Waals surface area contributed by atoms with Gasteiger partial charge in [-0.05, 0) is 44.0 Å². The molecule has 1 N–H and O–H groups in total. The number of hydrogen-bond acceptors (Lipinski definition) is 8. The van der Waals surface area contributed by atoms with Crippen LogP contribution in [0, 0.1) is 6.92 Å². The molecule has 2 aromatic heterocycles. The van der Waals surface area contributed by atoms with E-state index in [4.69, 9.17) is 21.1 Å². The lowest BCUT2D eigenvalue weighted by Gasteiger charge is -2.14. The Hall–Kier alpha value is -2.56. The van der Waals surface area contributed by atoms with Crippen LogP contribution in [0.2, 0.25) is 5.02 Å². The number of amides is 1. The maximum Gasteiger partial charge on any atom is 0.341 e. The SMILES string of the molecule is CCc1c(C)sc(NC(=O)CSc2nnc(C(C)Oc3cccc(Cl)c3)n2C)c1C(=O)OC. The van der Waals surface area contributed by atoms with Crippen LogP contribution in [-0.4, -0.2) is 39.5 Å². The Kier molecular flexibility index (Phi) is 8.39. The number of thioether (sulfide) groups is 1. The third kappa shape index (κ3) is 5.87. The summed E-state index contributed by atoms with van der Waals surface area (Å²) in [6.45, 7) is 5.75. The van der Waals surface area contributed by atoms with Gasteiger partial charge in [0.2, 0.25) is 5.91 Å². The number of esters is 1. The van der Waals surface area contributed by atoms with Crippen LogP contribution in [0.1, 0.15) is 46.6 Å². The van der Waals surface area contributed by atoms with Gasteiger partial charge in [-0.1, -0.05) is 36.4 Å². The molecule has 1 aromatic carbocycles. The van der Waals surface area contributed by atoms with Crippen LogP contribution in [0.25, 0.3) is 0 Å². The van der Waals surface area contributed by atoms with E-state index in [1.54, 1.807) is 16.7 Å². The summed E-state index contributed by atoms with van der Waals surface area (Å²) in [4.78, 5) is 25.8. The first-order chi connectivity index (χ1) is 15.7. The first kappa shape index (κ1) is 25.1. The molecule has 176 valence electrons. The number of nitrogens with zero attached hydrogens (tertiary/aromatic N) is 3. The Morgan fingerprint density at radius 3 is 2.76 bits per heavy atom. The second-order valence-electron chi connectivity index (χ2n) is 7.14. The van der Waals surface area contributed by atoms with Gasteiger partial charge in [-0.25, -0.2) is 4.79 Å². The highest BCUT2D eigenvalue weighted by atomic mass is 35.5. The van der Waals surface area contributed by atoms with Crippen molar-refractivity contribution in [2.75, 3.05) is 18.2 Å². The summed E-state index contributed by atoms with van der Waals surface area (Å²) < 4.78 is 12.6. The number of anilines is 1. The Balaban J connectivity index is 1.65. The Labute approximate surface area is 205 Å². The number of hydrogen-bond donors (Lipinski definition) is 1. The van der Waals surface area contributed by atoms with Crippen LogP contribution in [0.4, 0.5) is 5.00 Å². The number of ether oxygens (including phenoxy) is 2. The summed E-state index contributed by atoms with van der Waals surface area (Å²) in [5, 5.41) is 12.9. The van der Waals surface area contributed by atoms with Crippen LogP contribution in [0.5, 0.6) is 5.75 Å². The molecular formula is C22H25ClN4O4S2. The number of benzene rings is 1. The number of carbonyl (C=O) groups is 2. The monoisotopic (exact) mass is 508 g/mol. The molecule has 0 aliphatic rings. The van der Waals surface area contributed by atoms with Crippen molar-refractivity contribution in [2.24, 2.45) is 7.05 Å². The van der Waals surface area contributed by atoms with E-state index >= 15 is 0 Å². The molecule has 1 atom stereocenters. The fourth-order valence-corrected chi connectivity index (χ4v) is 5.35. The molecule has 0 spiro atoms. The van der Waals surface area contributed by atoms with E-state index in [0.717, 1.165) is 10.4 Å². The van der Waals surface area contributed by atoms with Crippen molar-refractivity contribution in [3.63, 3.8) is 0 Å². The van der Waals surface area contributed by atoms with Crippen molar-refractivity contribution in [1.29, 1.82) is 0 Å². The van der Waals surface area contributed by atoms with E-state index in [0.29, 0.717) is 38.7 Å². The van der Waals surface area contributed by atoms with E-state index in [2.05, 4.69) is 15.5 Å². The maximum atomic E-state index is 12.6. The van der Waals surface area contributed by atoms with Gasteiger partial charge >= 0.3 is 5.97 Å². The number of methoxy groups -OCH3 is 1. The molecule has 1 amide bonds. The maximum absolute atomic E-state index is 12.6. The zero-order valence-corrected chi connectivity index (χ0v) is 21.4. The molecular weight excluding hydrogens is 484 g/mol. The predicted octanol–water partition coefficient (Wildman–Crippen LogP) is 5.06. The minimum absolute atomic E-state index is 0.106. The minimum Gasteiger partial charge on any atom is -0.483 e. The number of rotatable bonds is 9. The van der Waals surface area contributed by atoms with E-state index < -0.39 is 5.97 Å². The fraction of sp³-hybridized carbons (Fsp3) is 0.364. The van der Waals surface area contributed by atoms with Gasteiger partial charge in [0.25, 0.3) is 0 Å². The summed E-state index contributed by atoms with van der Waals surface area (Å²) in [7, 11) is 3.15. The average Bonchev–Trinajstić information content (AvgIpc) is 3.30. The van der Waals surface area contributed by atoms with Crippen LogP contribution >= 0.6 is 34.7 Å². The van der Waals surface area contributed by atoms with E-state index in [1.165, 1.54) is 30.2 Å². The van der Waals surface area contributed by atoms with Crippen LogP contribution < -0.4 is 10.1 Å². The topological polar surface area (TPSA) is 95.3 Å². The zero-order valence-electron chi connectivity index (χ0n) is 19.0. The van der Waals surface area contributed by atoms with Gasteiger partial charge in [0, 0.05) is 16.9 Å². The number of carbonyl (C=O) groups excluding carboxylic acids is 2. The summed E-state index contributed by atoms with van der Waals surface area (Å²) in [5.74, 6) is 0.653. The molecule has 11 heteroatoms. The van der Waals surface area contributed by atoms with E-state index in [9.17, 15) is 9.59 Å². The van der Waals surface area contributed by atoms with Gasteiger partial charge in [-0.3, -0.25) is 4.79 Å². The zero-order chi connectivity index (χ0) is 24.1. The van der Waals surface area contributed by atoms with Gasteiger partial charge in [-0.15, -0.1) is 21.5 Å². The van der Waals surface area contributed by atoms with Crippen LogP contribution in [0.15, 0.2) is 29.4 Å². The van der Waals surface area contributed by atoms with Crippen LogP contribution in [-0.2, 0) is 23.0 Å². The van der Waals surface area contributed by atoms with Crippen molar-refractivity contribution >= 4 is 51.6 Å². The molecule has 8 nitrogen and oxygen atoms in total. The molecule has 0 aliphatic carbocycles. The fourth-order valence-electron chi connectivity index (χ4n) is 3.31. The van der Waals surface area contributed by atoms with Crippen molar-refractivity contribution in [3.8, 4) is 5.75 Å². The summed E-state index contributed by atoms with van der Waals surface area (Å²) >= 11 is 8.63. The summed E-state index contributed by atoms with van der Waals surface area (Å²) in [6, 6.07) is 7.13. The highest BCUT2D eigenvalue weighted by Crippen LogP contribution is 2.34. The second-order valence-corrected chi connectivity index (χ2v) is 9.74. The average molecular weight is 509 g/mol. The number of nitrogens with one attached hydrogen (secondary N) is 1. The number of thiophene rings is 1. The molecule has 0 saturated heterocycles. The molecule has 33 heavy (non-hydrogen) atoms. The molecule has 0 bridgehead atoms. The Morgan fingerprint density at radius 2 is 2.09 bits per heavy atom. The molecule has 0 radical (unpaired) electrons. The summed E-state index contributed by atoms with van der Waals surface area (Å²) in [6.07, 6.45) is 0.308. The lowest BCUT2D eigenvalue weighted by molar-refractivity contribution is -0.113. The van der Waals surface area contributed by atoms with Gasteiger partial charge in [0.1, 0.15) is 10.8 Å². The predicted molar refractivity (Wildman–Crippen MR) is 131 cm³/mol. The number of aromatic nitrogens is 3. The normalized spacial score (nSPS) is 11.8. The van der Waals surface area contributed by atoms with Crippen molar-refractivity contribution in [2.45, 2.75) is 38.5 Å². The minimum atomic E-state index is -0.453. The molecule has 0 fully saturated rings. The molecule has 3 rings (SSSR count). The smallest absolute Gasteiger partial charge is 0.341 e. The Bertz CT molecular complexity index is 1160. The standard InChI is InChI=1S/C22H25ClN4O4S2/c1-6-16-13(3)33-20(18(16)21(29)30-5)24-17(28)11-32-22-26-25-19(27(22)4)12(2)31-15-9-7-8-14(23)10-15/h7-10,12H,6,11H2,1-5H3,(H,24,28). The molecule has 2 heterocycles. The molecule has 0 aliphatic heterocycles. The van der Waals surface area contributed by atoms with E-state index in [1.807, 2.05) is 40.0 Å². The quantitative estimate of drug-likeness (QED) is 0.319. The van der Waals surface area contributed by atoms with Crippen molar-refractivity contribution < 1.29 is 19.1 Å². The third-order valence-electron chi connectivity index (χ3n) is 4.88. The number of aryl methyl sites for hydroxylation is 1. The van der Waals surface area contributed by atoms with Gasteiger partial charge in [0.15, 0.2) is 17.1 Å². The summed E-state index contributed by atoms with van der Waals surface area (Å²) in [5.41, 5.74) is 1.32. The lowest BCUT2D eigenvalue weighted by atomic mass is 10.1. The van der Waals surface area contributed by atoms with Crippen molar-refractivity contribution in [3.05, 3.63) is 51.1 Å². The highest BCUT2D eigenvalue weighted by molar-refractivity contribution is 7.99. The van der Waals surface area contributed by atoms with Crippen LogP contribution in [0.3, 0.4) is 0 Å². The second kappa shape index (κ2) is 11.0. The Morgan fingerprint density at radius 1 is 1.33 bits per heavy atom. The number of halogens is 1. The highest BCUT2D eigenvalue weighted by Gasteiger charge is 2.23. The lowest BCUT2D eigenvalue weighted by Crippen LogP contribution is -2.16. The van der Waals surface area contributed by atoms with Gasteiger partial charge < -0.3 is 19.4 Å². The largest absolute Gasteiger partial charge is 0.483 e.